The molecule has 1 aromatic heterocycles. The summed E-state index contributed by atoms with van der Waals surface area (Å²) in [7, 11) is 1.41. The van der Waals surface area contributed by atoms with Crippen LogP contribution in [0.4, 0.5) is 5.69 Å². The quantitative estimate of drug-likeness (QED) is 0.656. The molecule has 0 saturated heterocycles. The summed E-state index contributed by atoms with van der Waals surface area (Å²) < 4.78 is 10.6. The van der Waals surface area contributed by atoms with E-state index in [0.717, 1.165) is 0 Å². The van der Waals surface area contributed by atoms with Gasteiger partial charge in [-0.25, -0.2) is 0 Å². The Hall–Kier alpha value is -2.48. The Morgan fingerprint density at radius 2 is 2.25 bits per heavy atom. The fraction of sp³-hybridized carbons (Fsp3) is 0.333. The highest BCUT2D eigenvalue weighted by Gasteiger charge is 2.19. The van der Waals surface area contributed by atoms with Crippen LogP contribution < -0.4 is 10.5 Å². The van der Waals surface area contributed by atoms with Crippen molar-refractivity contribution in [2.24, 2.45) is 5.73 Å². The van der Waals surface area contributed by atoms with Crippen molar-refractivity contribution in [3.8, 4) is 17.2 Å². The van der Waals surface area contributed by atoms with Gasteiger partial charge in [-0.15, -0.1) is 10.2 Å². The molecule has 0 radical (unpaired) electrons. The molecule has 2 rings (SSSR count). The zero-order chi connectivity index (χ0) is 14.7. The van der Waals surface area contributed by atoms with Crippen molar-refractivity contribution >= 4 is 5.69 Å². The lowest BCUT2D eigenvalue weighted by Gasteiger charge is -2.05. The molecule has 0 fully saturated rings. The lowest BCUT2D eigenvalue weighted by Crippen LogP contribution is -2.08. The van der Waals surface area contributed by atoms with Gasteiger partial charge in [0.1, 0.15) is 5.75 Å². The van der Waals surface area contributed by atoms with Crippen molar-refractivity contribution in [3.05, 3.63) is 34.2 Å². The Bertz CT molecular complexity index is 626. The third-order valence-electron chi connectivity index (χ3n) is 2.82. The van der Waals surface area contributed by atoms with Gasteiger partial charge in [-0.2, -0.15) is 0 Å². The molecule has 0 aliphatic heterocycles. The fourth-order valence-electron chi connectivity index (χ4n) is 1.64. The highest BCUT2D eigenvalue weighted by atomic mass is 16.6. The Morgan fingerprint density at radius 3 is 2.85 bits per heavy atom. The minimum Gasteiger partial charge on any atom is -0.496 e. The van der Waals surface area contributed by atoms with Crippen molar-refractivity contribution < 1.29 is 14.1 Å². The monoisotopic (exact) mass is 278 g/mol. The van der Waals surface area contributed by atoms with Crippen LogP contribution in [0.15, 0.2) is 22.6 Å². The zero-order valence-electron chi connectivity index (χ0n) is 11.1. The van der Waals surface area contributed by atoms with Crippen LogP contribution in [-0.4, -0.2) is 22.2 Å². The van der Waals surface area contributed by atoms with Crippen LogP contribution in [-0.2, 0) is 0 Å². The molecule has 0 aliphatic carbocycles. The van der Waals surface area contributed by atoms with E-state index < -0.39 is 4.92 Å². The van der Waals surface area contributed by atoms with E-state index in [2.05, 4.69) is 10.2 Å². The van der Waals surface area contributed by atoms with Crippen molar-refractivity contribution in [1.82, 2.24) is 10.2 Å². The van der Waals surface area contributed by atoms with E-state index in [1.165, 1.54) is 25.3 Å². The summed E-state index contributed by atoms with van der Waals surface area (Å²) >= 11 is 0. The maximum absolute atomic E-state index is 10.7. The second-order valence-corrected chi connectivity index (χ2v) is 4.10. The maximum Gasteiger partial charge on any atom is 0.273 e. The van der Waals surface area contributed by atoms with E-state index in [9.17, 15) is 10.1 Å². The van der Waals surface area contributed by atoms with Gasteiger partial charge in [0.15, 0.2) is 0 Å². The summed E-state index contributed by atoms with van der Waals surface area (Å²) in [6.07, 6.45) is 0.666. The van der Waals surface area contributed by atoms with E-state index in [-0.39, 0.29) is 17.6 Å². The van der Waals surface area contributed by atoms with Gasteiger partial charge in [0.25, 0.3) is 11.6 Å². The Kier molecular flexibility index (Phi) is 3.94. The summed E-state index contributed by atoms with van der Waals surface area (Å²) in [6, 6.07) is 3.83. The lowest BCUT2D eigenvalue weighted by molar-refractivity contribution is -0.384. The predicted molar refractivity (Wildman–Crippen MR) is 70.2 cm³/mol. The van der Waals surface area contributed by atoms with Crippen molar-refractivity contribution in [1.29, 1.82) is 0 Å². The molecule has 2 aromatic rings. The molecular weight excluding hydrogens is 264 g/mol. The van der Waals surface area contributed by atoms with Crippen LogP contribution in [0.25, 0.3) is 11.5 Å². The summed E-state index contributed by atoms with van der Waals surface area (Å²) in [5, 5.41) is 18.5. The topological polar surface area (TPSA) is 117 Å². The van der Waals surface area contributed by atoms with E-state index in [1.807, 2.05) is 6.92 Å². The molecule has 8 heteroatoms. The van der Waals surface area contributed by atoms with Gasteiger partial charge in [-0.3, -0.25) is 10.1 Å². The number of hydrogen-bond acceptors (Lipinski definition) is 7. The Labute approximate surface area is 114 Å². The number of aromatic nitrogens is 2. The van der Waals surface area contributed by atoms with E-state index >= 15 is 0 Å². The molecule has 1 atom stereocenters. The SMILES string of the molecule is CCC(N)c1nnc(-c2ccc([N+](=O)[O-])cc2OC)o1. The molecule has 8 nitrogen and oxygen atoms in total. The van der Waals surface area contributed by atoms with Crippen LogP contribution in [0.2, 0.25) is 0 Å². The highest BCUT2D eigenvalue weighted by Crippen LogP contribution is 2.32. The average molecular weight is 278 g/mol. The average Bonchev–Trinajstić information content (AvgIpc) is 2.95. The van der Waals surface area contributed by atoms with Gasteiger partial charge in [0.05, 0.1) is 29.7 Å². The second kappa shape index (κ2) is 5.66. The normalized spacial score (nSPS) is 12.2. The number of nitro groups is 1. The summed E-state index contributed by atoms with van der Waals surface area (Å²) in [6.45, 7) is 1.90. The Morgan fingerprint density at radius 1 is 1.50 bits per heavy atom. The first-order valence-electron chi connectivity index (χ1n) is 5.98. The van der Waals surface area contributed by atoms with Gasteiger partial charge < -0.3 is 14.9 Å². The van der Waals surface area contributed by atoms with Crippen LogP contribution in [0.1, 0.15) is 25.3 Å². The third-order valence-corrected chi connectivity index (χ3v) is 2.82. The number of nitro benzene ring substituents is 1. The number of ether oxygens (including phenoxy) is 1. The number of methoxy groups -OCH3 is 1. The summed E-state index contributed by atoms with van der Waals surface area (Å²) in [4.78, 5) is 10.2. The molecule has 2 N–H and O–H groups in total. The standard InChI is InChI=1S/C12H14N4O4/c1-3-9(13)12-15-14-11(20-12)8-5-4-7(16(17)18)6-10(8)19-2/h4-6,9H,3,13H2,1-2H3. The number of benzene rings is 1. The Balaban J connectivity index is 2.41. The van der Waals surface area contributed by atoms with Gasteiger partial charge >= 0.3 is 0 Å². The number of hydrogen-bond donors (Lipinski definition) is 1. The molecule has 106 valence electrons. The molecule has 0 bridgehead atoms. The number of non-ortho nitro benzene ring substituents is 1. The van der Waals surface area contributed by atoms with E-state index in [0.29, 0.717) is 23.6 Å². The van der Waals surface area contributed by atoms with Gasteiger partial charge in [-0.1, -0.05) is 6.92 Å². The smallest absolute Gasteiger partial charge is 0.273 e. The number of nitrogens with two attached hydrogens (primary N) is 1. The first-order chi connectivity index (χ1) is 9.56. The molecule has 0 amide bonds. The van der Waals surface area contributed by atoms with Gasteiger partial charge in [0, 0.05) is 6.07 Å². The third kappa shape index (κ3) is 2.59. The summed E-state index contributed by atoms with van der Waals surface area (Å²) in [5.74, 6) is 0.832. The number of nitrogens with zero attached hydrogens (tertiary/aromatic N) is 3. The predicted octanol–water partition coefficient (Wildman–Crippen LogP) is 2.06. The minimum absolute atomic E-state index is 0.0735. The molecule has 0 saturated carbocycles. The minimum atomic E-state index is -0.501. The lowest BCUT2D eigenvalue weighted by atomic mass is 10.2. The van der Waals surface area contributed by atoms with Crippen LogP contribution in [0.3, 0.4) is 0 Å². The first-order valence-corrected chi connectivity index (χ1v) is 5.98. The van der Waals surface area contributed by atoms with Crippen LogP contribution in [0, 0.1) is 10.1 Å². The van der Waals surface area contributed by atoms with E-state index in [1.54, 1.807) is 0 Å². The largest absolute Gasteiger partial charge is 0.496 e. The fourth-order valence-corrected chi connectivity index (χ4v) is 1.64. The maximum atomic E-state index is 10.7. The van der Waals surface area contributed by atoms with Gasteiger partial charge in [-0.05, 0) is 12.5 Å². The van der Waals surface area contributed by atoms with Gasteiger partial charge in [0.2, 0.25) is 5.89 Å². The molecule has 0 spiro atoms. The second-order valence-electron chi connectivity index (χ2n) is 4.10. The van der Waals surface area contributed by atoms with Crippen LogP contribution >= 0.6 is 0 Å². The molecule has 1 unspecified atom stereocenters. The first kappa shape index (κ1) is 13.9. The number of rotatable bonds is 5. The van der Waals surface area contributed by atoms with Crippen LogP contribution in [0.5, 0.6) is 5.75 Å². The van der Waals surface area contributed by atoms with Crippen molar-refractivity contribution in [2.45, 2.75) is 19.4 Å². The van der Waals surface area contributed by atoms with E-state index in [4.69, 9.17) is 14.9 Å². The summed E-state index contributed by atoms with van der Waals surface area (Å²) in [5.41, 5.74) is 6.22. The highest BCUT2D eigenvalue weighted by molar-refractivity contribution is 5.65. The van der Waals surface area contributed by atoms with Crippen molar-refractivity contribution in [3.63, 3.8) is 0 Å². The molecule has 20 heavy (non-hydrogen) atoms. The van der Waals surface area contributed by atoms with Crippen molar-refractivity contribution in [2.75, 3.05) is 7.11 Å². The zero-order valence-corrected chi connectivity index (χ0v) is 11.1. The molecular formula is C12H14N4O4. The molecule has 0 aliphatic rings. The molecule has 1 aromatic carbocycles. The molecule has 1 heterocycles.